The Morgan fingerprint density at radius 2 is 1.50 bits per heavy atom. The molecule has 4 atom stereocenters. The van der Waals surface area contributed by atoms with Gasteiger partial charge in [-0.1, -0.05) is 54.6 Å². The number of anilines is 2. The van der Waals surface area contributed by atoms with E-state index in [9.17, 15) is 5.11 Å². The van der Waals surface area contributed by atoms with Crippen LogP contribution in [-0.2, 0) is 6.54 Å². The normalized spacial score (nSPS) is 25.9. The van der Waals surface area contributed by atoms with E-state index in [2.05, 4.69) is 77.7 Å². The zero-order chi connectivity index (χ0) is 21.0. The minimum atomic E-state index is 0.449. The van der Waals surface area contributed by atoms with E-state index in [0.717, 1.165) is 23.8 Å². The molecule has 2 heteroatoms. The smallest absolute Gasteiger partial charge is 0.123 e. The second-order valence-corrected chi connectivity index (χ2v) is 10.3. The quantitative estimate of drug-likeness (QED) is 0.367. The van der Waals surface area contributed by atoms with Crippen LogP contribution in [0.4, 0.5) is 11.4 Å². The number of hydrogen-bond donors (Lipinski definition) is 1. The van der Waals surface area contributed by atoms with Crippen molar-refractivity contribution in [1.82, 2.24) is 0 Å². The minimum absolute atomic E-state index is 0.449. The topological polar surface area (TPSA) is 23.5 Å². The number of rotatable bonds is 2. The van der Waals surface area contributed by atoms with Crippen LogP contribution in [0.3, 0.4) is 0 Å². The van der Waals surface area contributed by atoms with E-state index in [1.165, 1.54) is 58.3 Å². The van der Waals surface area contributed by atoms with Crippen LogP contribution in [0.1, 0.15) is 47.8 Å². The van der Waals surface area contributed by atoms with E-state index in [-0.39, 0.29) is 0 Å². The van der Waals surface area contributed by atoms with Gasteiger partial charge in [0.25, 0.3) is 0 Å². The van der Waals surface area contributed by atoms with E-state index in [0.29, 0.717) is 17.6 Å². The Labute approximate surface area is 188 Å². The molecule has 156 valence electrons. The number of nitrogens with zero attached hydrogens (tertiary/aromatic N) is 1. The third-order valence-corrected chi connectivity index (χ3v) is 8.87. The molecule has 0 radical (unpaired) electrons. The van der Waals surface area contributed by atoms with Gasteiger partial charge in [0, 0.05) is 28.6 Å². The molecule has 2 saturated carbocycles. The number of aromatic hydroxyl groups is 1. The van der Waals surface area contributed by atoms with Gasteiger partial charge in [-0.15, -0.1) is 0 Å². The Morgan fingerprint density at radius 1 is 0.750 bits per heavy atom. The average molecular weight is 416 g/mol. The van der Waals surface area contributed by atoms with Gasteiger partial charge in [-0.05, 0) is 83.4 Å². The molecule has 1 N–H and O–H groups in total. The van der Waals surface area contributed by atoms with E-state index in [4.69, 9.17) is 0 Å². The molecule has 0 aromatic heterocycles. The van der Waals surface area contributed by atoms with E-state index < -0.39 is 0 Å². The third-order valence-electron chi connectivity index (χ3n) is 8.87. The zero-order valence-corrected chi connectivity index (χ0v) is 18.0. The second kappa shape index (κ2) is 5.95. The highest BCUT2D eigenvalue weighted by Crippen LogP contribution is 2.68. The van der Waals surface area contributed by atoms with Gasteiger partial charge in [0.1, 0.15) is 5.75 Å². The van der Waals surface area contributed by atoms with E-state index in [1.807, 2.05) is 0 Å². The van der Waals surface area contributed by atoms with E-state index in [1.54, 1.807) is 5.56 Å². The largest absolute Gasteiger partial charge is 0.507 e. The summed E-state index contributed by atoms with van der Waals surface area (Å²) in [6.07, 6.45) is 4.07. The van der Waals surface area contributed by atoms with Crippen molar-refractivity contribution in [2.75, 3.05) is 4.90 Å². The average Bonchev–Trinajstić information content (AvgIpc) is 3.45. The molecule has 8 rings (SSSR count). The summed E-state index contributed by atoms with van der Waals surface area (Å²) < 4.78 is 0. The van der Waals surface area contributed by atoms with Gasteiger partial charge in [0.2, 0.25) is 0 Å². The van der Waals surface area contributed by atoms with Crippen LogP contribution >= 0.6 is 0 Å². The number of hydrogen-bond acceptors (Lipinski definition) is 2. The number of phenols is 1. The molecular formula is C30H25NO. The lowest BCUT2D eigenvalue weighted by Gasteiger charge is -2.44. The first kappa shape index (κ1) is 17.3. The molecule has 0 spiro atoms. The summed E-state index contributed by atoms with van der Waals surface area (Å²) in [6.45, 7) is 0.834. The molecule has 32 heavy (non-hydrogen) atoms. The Balaban J connectivity index is 1.49. The standard InChI is InChI=1S/C30H25NO/c32-25-15-22-27-19-13-12-18(14-19)26(27)21-9-5-11-24-29(21)30(22)28-20(25)8-4-10-23(28)31(24)16-17-6-2-1-3-7-17/h1-11,15,18-19,26-27,32H,12-14,16H2. The zero-order valence-electron chi connectivity index (χ0n) is 18.0. The van der Waals surface area contributed by atoms with Crippen molar-refractivity contribution in [2.24, 2.45) is 11.8 Å². The lowest BCUT2D eigenvalue weighted by atomic mass is 9.64. The first-order valence-corrected chi connectivity index (χ1v) is 12.0. The molecule has 0 amide bonds. The molecule has 2 nitrogen and oxygen atoms in total. The fraction of sp³-hybridized carbons (Fsp3) is 0.267. The lowest BCUT2D eigenvalue weighted by molar-refractivity contribution is 0.362. The van der Waals surface area contributed by atoms with Gasteiger partial charge in [-0.3, -0.25) is 0 Å². The first-order chi connectivity index (χ1) is 15.8. The number of fused-ring (bicyclic) bond motifs is 7. The highest BCUT2D eigenvalue weighted by atomic mass is 16.3. The lowest BCUT2D eigenvalue weighted by Crippen LogP contribution is -2.28. The fourth-order valence-corrected chi connectivity index (χ4v) is 7.80. The molecule has 4 aliphatic rings. The van der Waals surface area contributed by atoms with Crippen LogP contribution in [-0.4, -0.2) is 5.11 Å². The van der Waals surface area contributed by atoms with Crippen molar-refractivity contribution < 1.29 is 5.11 Å². The summed E-state index contributed by atoms with van der Waals surface area (Å²) in [4.78, 5) is 2.49. The van der Waals surface area contributed by atoms with Crippen molar-refractivity contribution in [3.05, 3.63) is 89.5 Å². The third kappa shape index (κ3) is 2.02. The molecule has 3 aliphatic carbocycles. The molecule has 2 bridgehead atoms. The van der Waals surface area contributed by atoms with Crippen LogP contribution in [0.25, 0.3) is 21.9 Å². The van der Waals surface area contributed by atoms with Crippen molar-refractivity contribution in [2.45, 2.75) is 37.6 Å². The molecule has 4 aromatic carbocycles. The van der Waals surface area contributed by atoms with Crippen molar-refractivity contribution in [3.8, 4) is 16.9 Å². The number of benzene rings is 4. The maximum atomic E-state index is 11.2. The summed E-state index contributed by atoms with van der Waals surface area (Å²) in [5.41, 5.74) is 9.70. The van der Waals surface area contributed by atoms with Crippen LogP contribution in [0.5, 0.6) is 5.75 Å². The molecule has 0 saturated heterocycles. The summed E-state index contributed by atoms with van der Waals surface area (Å²) >= 11 is 0. The fourth-order valence-electron chi connectivity index (χ4n) is 7.80. The monoisotopic (exact) mass is 415 g/mol. The van der Waals surface area contributed by atoms with Crippen molar-refractivity contribution in [1.29, 1.82) is 0 Å². The SMILES string of the molecule is Oc1cc2c3c4c(cccc14)N(Cc1ccccc1)c1cccc(c1-3)C1C3CCC(C3)C21. The molecule has 2 fully saturated rings. The number of phenolic OH excluding ortho intramolecular Hbond substituents is 1. The minimum Gasteiger partial charge on any atom is -0.507 e. The van der Waals surface area contributed by atoms with Crippen LogP contribution in [0, 0.1) is 11.8 Å². The van der Waals surface area contributed by atoms with Gasteiger partial charge < -0.3 is 10.0 Å². The summed E-state index contributed by atoms with van der Waals surface area (Å²) in [6, 6.07) is 26.3. The second-order valence-electron chi connectivity index (χ2n) is 10.3. The van der Waals surface area contributed by atoms with Crippen molar-refractivity contribution >= 4 is 22.1 Å². The Hall–Kier alpha value is -3.26. The van der Waals surface area contributed by atoms with Crippen molar-refractivity contribution in [3.63, 3.8) is 0 Å². The first-order valence-electron chi connectivity index (χ1n) is 12.0. The molecule has 4 unspecified atom stereocenters. The van der Waals surface area contributed by atoms with Gasteiger partial charge in [-0.25, -0.2) is 0 Å². The van der Waals surface area contributed by atoms with Gasteiger partial charge in [0.15, 0.2) is 0 Å². The maximum Gasteiger partial charge on any atom is 0.123 e. The molecule has 4 aromatic rings. The Kier molecular flexibility index (Phi) is 3.22. The predicted octanol–water partition coefficient (Wildman–Crippen LogP) is 7.47. The Morgan fingerprint density at radius 3 is 2.34 bits per heavy atom. The molecular weight excluding hydrogens is 390 g/mol. The molecule has 1 aliphatic heterocycles. The Bertz CT molecular complexity index is 1420. The highest BCUT2D eigenvalue weighted by Gasteiger charge is 2.53. The molecule has 1 heterocycles. The summed E-state index contributed by atoms with van der Waals surface area (Å²) in [7, 11) is 0. The van der Waals surface area contributed by atoms with Gasteiger partial charge in [0.05, 0.1) is 5.69 Å². The highest BCUT2D eigenvalue weighted by molar-refractivity contribution is 6.16. The van der Waals surface area contributed by atoms with Crippen LogP contribution < -0.4 is 4.90 Å². The van der Waals surface area contributed by atoms with Gasteiger partial charge >= 0.3 is 0 Å². The summed E-state index contributed by atoms with van der Waals surface area (Å²) in [5.74, 6) is 3.18. The predicted molar refractivity (Wildman–Crippen MR) is 130 cm³/mol. The summed E-state index contributed by atoms with van der Waals surface area (Å²) in [5, 5.41) is 13.4. The maximum absolute atomic E-state index is 11.2. The van der Waals surface area contributed by atoms with E-state index >= 15 is 0 Å². The van der Waals surface area contributed by atoms with Crippen LogP contribution in [0.2, 0.25) is 0 Å². The van der Waals surface area contributed by atoms with Crippen LogP contribution in [0.15, 0.2) is 72.8 Å². The van der Waals surface area contributed by atoms with Gasteiger partial charge in [-0.2, -0.15) is 0 Å².